The summed E-state index contributed by atoms with van der Waals surface area (Å²) in [6, 6.07) is 6.26. The molecule has 1 aromatic rings. The smallest absolute Gasteiger partial charge is 0.319 e. The van der Waals surface area contributed by atoms with Gasteiger partial charge in [-0.25, -0.2) is 0 Å². The van der Waals surface area contributed by atoms with Gasteiger partial charge >= 0.3 is 17.9 Å². The van der Waals surface area contributed by atoms with Crippen molar-refractivity contribution in [2.45, 2.75) is 50.6 Å². The van der Waals surface area contributed by atoms with Gasteiger partial charge in [-0.05, 0) is 18.4 Å². The second kappa shape index (κ2) is 15.7. The van der Waals surface area contributed by atoms with Crippen LogP contribution >= 0.6 is 12.6 Å². The maximum absolute atomic E-state index is 13.0. The number of benzene rings is 1. The van der Waals surface area contributed by atoms with Gasteiger partial charge in [-0.1, -0.05) is 30.3 Å². The highest BCUT2D eigenvalue weighted by atomic mass is 32.1. The Morgan fingerprint density at radius 3 is 2.00 bits per heavy atom. The van der Waals surface area contributed by atoms with Gasteiger partial charge in [0.2, 0.25) is 5.91 Å². The number of nitrogens with one attached hydrogen (secondary N) is 2. The molecular formula is C23H29BN2O9S. The van der Waals surface area contributed by atoms with E-state index in [9.17, 15) is 39.0 Å². The molecular weight excluding hydrogens is 491 g/mol. The summed E-state index contributed by atoms with van der Waals surface area (Å²) < 4.78 is 0. The van der Waals surface area contributed by atoms with Gasteiger partial charge in [0.25, 0.3) is 0 Å². The first-order valence-corrected chi connectivity index (χ1v) is 11.7. The molecule has 0 bridgehead atoms. The van der Waals surface area contributed by atoms with Crippen LogP contribution < -0.4 is 10.5 Å². The number of carboxylic acid groups (broad SMARTS) is 3. The van der Waals surface area contributed by atoms with Gasteiger partial charge < -0.3 is 25.9 Å². The Bertz CT molecular complexity index is 945. The lowest BCUT2D eigenvalue weighted by Gasteiger charge is -2.22. The predicted octanol–water partition coefficient (Wildman–Crippen LogP) is 0.260. The Balaban J connectivity index is 3.02. The maximum atomic E-state index is 13.0. The van der Waals surface area contributed by atoms with Crippen LogP contribution in [0.4, 0.5) is 0 Å². The van der Waals surface area contributed by atoms with Crippen molar-refractivity contribution in [3.8, 4) is 0 Å². The normalized spacial score (nSPS) is 14.1. The average molecular weight is 520 g/mol. The fourth-order valence-corrected chi connectivity index (χ4v) is 3.71. The van der Waals surface area contributed by atoms with Gasteiger partial charge in [0.1, 0.15) is 5.78 Å². The summed E-state index contributed by atoms with van der Waals surface area (Å²) in [5, 5.41) is 32.0. The van der Waals surface area contributed by atoms with E-state index in [2.05, 4.69) is 17.9 Å². The lowest BCUT2D eigenvalue weighted by molar-refractivity contribution is -0.144. The molecule has 0 saturated carbocycles. The van der Waals surface area contributed by atoms with Crippen molar-refractivity contribution >= 4 is 56.0 Å². The van der Waals surface area contributed by atoms with E-state index < -0.39 is 78.6 Å². The van der Waals surface area contributed by atoms with Crippen molar-refractivity contribution in [1.29, 1.82) is 0 Å². The number of rotatable bonds is 18. The molecule has 1 aromatic carbocycles. The van der Waals surface area contributed by atoms with Gasteiger partial charge in [0.15, 0.2) is 13.8 Å². The number of carbonyl (C=O) groups excluding carboxylic acids is 3. The molecule has 36 heavy (non-hydrogen) atoms. The Labute approximate surface area is 214 Å². The van der Waals surface area contributed by atoms with Gasteiger partial charge in [-0.3, -0.25) is 28.8 Å². The molecule has 13 heteroatoms. The third-order valence-electron chi connectivity index (χ3n) is 5.48. The number of thiol groups is 1. The standard InChI is InChI=1S/C23H29BN2O9S/c24-26-17(23(34)35)7-6-16(27)9-14(11-20(29)30)21(31)25-18(8-13-4-2-1-3-5-13)19(28)10-15(12-36)22(32)33/h1-5,14-15,17-18,26,36H,6-12H2,(H,25,31)(H,29,30)(H,32,33)(H,34,35)/t14-,15-,17-,18-/m0/s1. The summed E-state index contributed by atoms with van der Waals surface area (Å²) >= 11 is 3.96. The summed E-state index contributed by atoms with van der Waals surface area (Å²) in [6.45, 7) is 0. The molecule has 5 N–H and O–H groups in total. The minimum atomic E-state index is -1.35. The first kappa shape index (κ1) is 30.8. The fourth-order valence-electron chi connectivity index (χ4n) is 3.43. The monoisotopic (exact) mass is 520 g/mol. The number of amides is 1. The molecule has 0 aliphatic carbocycles. The van der Waals surface area contributed by atoms with E-state index >= 15 is 0 Å². The number of carboxylic acids is 3. The van der Waals surface area contributed by atoms with Crippen molar-refractivity contribution < 1.29 is 44.1 Å². The van der Waals surface area contributed by atoms with Crippen LogP contribution in [0.5, 0.6) is 0 Å². The van der Waals surface area contributed by atoms with E-state index in [1.54, 1.807) is 30.3 Å². The molecule has 0 aliphatic heterocycles. The van der Waals surface area contributed by atoms with Crippen LogP contribution in [-0.4, -0.2) is 76.5 Å². The number of carbonyl (C=O) groups is 6. The summed E-state index contributed by atoms with van der Waals surface area (Å²) in [7, 11) is 5.13. The molecule has 0 heterocycles. The highest BCUT2D eigenvalue weighted by Crippen LogP contribution is 2.16. The van der Waals surface area contributed by atoms with Crippen LogP contribution in [0.15, 0.2) is 30.3 Å². The molecule has 0 saturated heterocycles. The Morgan fingerprint density at radius 1 is 0.861 bits per heavy atom. The van der Waals surface area contributed by atoms with E-state index in [4.69, 9.17) is 13.1 Å². The molecule has 0 aromatic heterocycles. The highest BCUT2D eigenvalue weighted by molar-refractivity contribution is 7.80. The summed E-state index contributed by atoms with van der Waals surface area (Å²) in [4.78, 5) is 72.0. The Kier molecular flexibility index (Phi) is 13.5. The number of hydrogen-bond acceptors (Lipinski definition) is 8. The van der Waals surface area contributed by atoms with E-state index in [-0.39, 0.29) is 25.0 Å². The third kappa shape index (κ3) is 11.0. The van der Waals surface area contributed by atoms with E-state index in [1.807, 2.05) is 5.23 Å². The Morgan fingerprint density at radius 2 is 1.50 bits per heavy atom. The van der Waals surface area contributed by atoms with Gasteiger partial charge in [-0.2, -0.15) is 12.6 Å². The largest absolute Gasteiger partial charge is 0.481 e. The van der Waals surface area contributed by atoms with Crippen LogP contribution in [0.3, 0.4) is 0 Å². The quantitative estimate of drug-likeness (QED) is 0.116. The zero-order valence-electron chi connectivity index (χ0n) is 19.5. The predicted molar refractivity (Wildman–Crippen MR) is 132 cm³/mol. The minimum Gasteiger partial charge on any atom is -0.481 e. The van der Waals surface area contributed by atoms with Gasteiger partial charge in [0, 0.05) is 25.0 Å². The molecule has 1 amide bonds. The summed E-state index contributed by atoms with van der Waals surface area (Å²) in [5.41, 5.74) is 0.675. The van der Waals surface area contributed by atoms with Crippen molar-refractivity contribution in [2.75, 3.05) is 5.75 Å². The minimum absolute atomic E-state index is 0.0283. The second-order valence-electron chi connectivity index (χ2n) is 8.27. The molecule has 1 rings (SSSR count). The first-order chi connectivity index (χ1) is 17.0. The first-order valence-electron chi connectivity index (χ1n) is 11.1. The lowest BCUT2D eigenvalue weighted by Crippen LogP contribution is -2.46. The number of ketones is 2. The molecule has 0 fully saturated rings. The van der Waals surface area contributed by atoms with Crippen molar-refractivity contribution in [1.82, 2.24) is 10.5 Å². The maximum Gasteiger partial charge on any atom is 0.319 e. The summed E-state index contributed by atoms with van der Waals surface area (Å²) in [5.74, 6) is -8.32. The number of Topliss-reactive ketones (excluding diaryl/α,β-unsaturated/α-hetero) is 2. The number of aliphatic carboxylic acids is 3. The average Bonchev–Trinajstić information content (AvgIpc) is 2.81. The Hall–Kier alpha value is -3.19. The van der Waals surface area contributed by atoms with E-state index in [0.717, 1.165) is 0 Å². The molecule has 11 nitrogen and oxygen atoms in total. The SMILES string of the molecule is [B]N[C@@H](CCC(=O)C[C@@H](CC(=O)O)C(=O)N[C@@H](Cc1ccccc1)C(=O)C[C@@H](CS)C(=O)O)C(=O)O. The summed E-state index contributed by atoms with van der Waals surface area (Å²) in [6.07, 6.45) is -1.99. The second-order valence-corrected chi connectivity index (χ2v) is 8.64. The highest BCUT2D eigenvalue weighted by Gasteiger charge is 2.31. The van der Waals surface area contributed by atoms with Crippen LogP contribution in [0.2, 0.25) is 0 Å². The zero-order valence-corrected chi connectivity index (χ0v) is 20.4. The third-order valence-corrected chi connectivity index (χ3v) is 5.92. The number of hydrogen-bond donors (Lipinski definition) is 6. The molecule has 0 unspecified atom stereocenters. The molecule has 4 atom stereocenters. The van der Waals surface area contributed by atoms with Crippen molar-refractivity contribution in [3.63, 3.8) is 0 Å². The fraction of sp³-hybridized carbons (Fsp3) is 0.478. The lowest BCUT2D eigenvalue weighted by atomic mass is 9.92. The molecule has 194 valence electrons. The molecule has 0 spiro atoms. The topological polar surface area (TPSA) is 187 Å². The molecule has 0 aliphatic rings. The van der Waals surface area contributed by atoms with E-state index in [0.29, 0.717) is 5.56 Å². The van der Waals surface area contributed by atoms with Crippen LogP contribution in [0.1, 0.15) is 37.7 Å². The van der Waals surface area contributed by atoms with Crippen LogP contribution in [-0.2, 0) is 35.2 Å². The van der Waals surface area contributed by atoms with Crippen LogP contribution in [0, 0.1) is 11.8 Å². The van der Waals surface area contributed by atoms with Crippen molar-refractivity contribution in [3.05, 3.63) is 35.9 Å². The van der Waals surface area contributed by atoms with Crippen LogP contribution in [0.25, 0.3) is 0 Å². The van der Waals surface area contributed by atoms with Crippen molar-refractivity contribution in [2.24, 2.45) is 11.8 Å². The zero-order chi connectivity index (χ0) is 27.3. The van der Waals surface area contributed by atoms with Gasteiger partial charge in [0.05, 0.1) is 30.3 Å². The van der Waals surface area contributed by atoms with E-state index in [1.165, 1.54) is 0 Å². The molecule has 2 radical (unpaired) electrons. The van der Waals surface area contributed by atoms with Gasteiger partial charge in [-0.15, -0.1) is 0 Å².